The molecule has 1 saturated heterocycles. The summed E-state index contributed by atoms with van der Waals surface area (Å²) in [7, 11) is 0. The van der Waals surface area contributed by atoms with E-state index in [1.807, 2.05) is 0 Å². The van der Waals surface area contributed by atoms with Gasteiger partial charge in [-0.05, 0) is 25.4 Å². The van der Waals surface area contributed by atoms with Crippen molar-refractivity contribution >= 4 is 12.4 Å². The molecular weight excluding hydrogens is 146 g/mol. The molecule has 1 atom stereocenters. The third kappa shape index (κ3) is 2.31. The number of hydrogen-bond donors (Lipinski definition) is 0. The van der Waals surface area contributed by atoms with Crippen molar-refractivity contribution in [3.05, 3.63) is 12.7 Å². The lowest BCUT2D eigenvalue weighted by Crippen LogP contribution is -2.19. The summed E-state index contributed by atoms with van der Waals surface area (Å²) in [6, 6.07) is 0. The van der Waals surface area contributed by atoms with E-state index in [4.69, 9.17) is 0 Å². The quantitative estimate of drug-likeness (QED) is 0.560. The molecule has 0 aromatic carbocycles. The molecule has 0 aromatic rings. The maximum Gasteiger partial charge on any atom is 0.00446 e. The summed E-state index contributed by atoms with van der Waals surface area (Å²) in [4.78, 5) is 2.46. The van der Waals surface area contributed by atoms with Gasteiger partial charge in [0.15, 0.2) is 0 Å². The molecule has 0 aliphatic carbocycles. The zero-order valence-electron chi connectivity index (χ0n) is 6.55. The third-order valence-corrected chi connectivity index (χ3v) is 2.09. The van der Waals surface area contributed by atoms with Crippen LogP contribution in [-0.2, 0) is 0 Å². The van der Waals surface area contributed by atoms with Crippen LogP contribution in [0, 0.1) is 5.92 Å². The van der Waals surface area contributed by atoms with E-state index in [2.05, 4.69) is 24.5 Å². The molecule has 1 nitrogen and oxygen atoms in total. The molecule has 1 fully saturated rings. The first kappa shape index (κ1) is 9.99. The molecule has 0 saturated carbocycles. The molecule has 0 bridgehead atoms. The average Bonchev–Trinajstić information content (AvgIpc) is 2.34. The Kier molecular flexibility index (Phi) is 4.75. The Morgan fingerprint density at radius 1 is 1.70 bits per heavy atom. The number of nitrogens with zero attached hydrogens (tertiary/aromatic N) is 1. The molecule has 0 amide bonds. The summed E-state index contributed by atoms with van der Waals surface area (Å²) in [6.45, 7) is 9.70. The number of rotatable bonds is 2. The van der Waals surface area contributed by atoms with Crippen molar-refractivity contribution in [2.75, 3.05) is 19.6 Å². The highest BCUT2D eigenvalue weighted by molar-refractivity contribution is 5.85. The zero-order valence-corrected chi connectivity index (χ0v) is 7.36. The first-order chi connectivity index (χ1) is 4.36. The van der Waals surface area contributed by atoms with Gasteiger partial charge >= 0.3 is 0 Å². The van der Waals surface area contributed by atoms with Crippen molar-refractivity contribution in [2.45, 2.75) is 13.3 Å². The van der Waals surface area contributed by atoms with Crippen molar-refractivity contribution in [1.29, 1.82) is 0 Å². The first-order valence-corrected chi connectivity index (χ1v) is 3.71. The van der Waals surface area contributed by atoms with Gasteiger partial charge in [-0.1, -0.05) is 13.0 Å². The average molecular weight is 162 g/mol. The van der Waals surface area contributed by atoms with Crippen LogP contribution >= 0.6 is 12.4 Å². The summed E-state index contributed by atoms with van der Waals surface area (Å²) in [5.74, 6) is 0.768. The van der Waals surface area contributed by atoms with E-state index in [0.717, 1.165) is 5.92 Å². The van der Waals surface area contributed by atoms with Gasteiger partial charge in [0.2, 0.25) is 0 Å². The van der Waals surface area contributed by atoms with Crippen LogP contribution in [0.15, 0.2) is 12.7 Å². The summed E-state index contributed by atoms with van der Waals surface area (Å²) >= 11 is 0. The second-order valence-corrected chi connectivity index (χ2v) is 2.68. The maximum absolute atomic E-state index is 3.78. The number of hydrogen-bond acceptors (Lipinski definition) is 1. The van der Waals surface area contributed by atoms with Crippen molar-refractivity contribution in [1.82, 2.24) is 4.90 Å². The minimum Gasteiger partial charge on any atom is -0.303 e. The molecule has 60 valence electrons. The van der Waals surface area contributed by atoms with Gasteiger partial charge in [0.25, 0.3) is 0 Å². The Hall–Kier alpha value is -0.0100. The minimum atomic E-state index is 0. The molecule has 1 aliphatic rings. The highest BCUT2D eigenvalue weighted by Crippen LogP contribution is 2.15. The summed E-state index contributed by atoms with van der Waals surface area (Å²) in [5, 5.41) is 0. The van der Waals surface area contributed by atoms with E-state index in [1.54, 1.807) is 0 Å². The fourth-order valence-corrected chi connectivity index (χ4v) is 1.34. The Morgan fingerprint density at radius 2 is 2.40 bits per heavy atom. The number of halogens is 1. The topological polar surface area (TPSA) is 3.24 Å². The molecule has 2 heteroatoms. The normalized spacial score (nSPS) is 25.9. The lowest BCUT2D eigenvalue weighted by Gasteiger charge is -2.10. The van der Waals surface area contributed by atoms with E-state index >= 15 is 0 Å². The van der Waals surface area contributed by atoms with Crippen LogP contribution in [0.3, 0.4) is 0 Å². The fourth-order valence-electron chi connectivity index (χ4n) is 1.34. The smallest absolute Gasteiger partial charge is 0.00446 e. The van der Waals surface area contributed by atoms with Crippen LogP contribution in [-0.4, -0.2) is 24.5 Å². The number of likely N-dealkylation sites (tertiary alicyclic amines) is 1. The standard InChI is InChI=1S/C8H15N.ClH/c1-3-8-5-6-9(4-2)7-8;/h3,8H,1,4-7H2,2H3;1H. The van der Waals surface area contributed by atoms with E-state index in [-0.39, 0.29) is 12.4 Å². The van der Waals surface area contributed by atoms with E-state index in [1.165, 1.54) is 26.1 Å². The molecule has 0 radical (unpaired) electrons. The van der Waals surface area contributed by atoms with Crippen LogP contribution in [0.2, 0.25) is 0 Å². The molecule has 0 aromatic heterocycles. The maximum atomic E-state index is 3.78. The van der Waals surface area contributed by atoms with Crippen molar-refractivity contribution < 1.29 is 0 Å². The SMILES string of the molecule is C=CC1CCN(CC)C1.Cl. The summed E-state index contributed by atoms with van der Waals surface area (Å²) in [6.07, 6.45) is 3.40. The molecule has 1 rings (SSSR count). The van der Waals surface area contributed by atoms with Crippen LogP contribution in [0.4, 0.5) is 0 Å². The van der Waals surface area contributed by atoms with Gasteiger partial charge in [-0.25, -0.2) is 0 Å². The highest BCUT2D eigenvalue weighted by Gasteiger charge is 2.17. The fraction of sp³-hybridized carbons (Fsp3) is 0.750. The van der Waals surface area contributed by atoms with Crippen molar-refractivity contribution in [2.24, 2.45) is 5.92 Å². The Balaban J connectivity index is 0.000000810. The van der Waals surface area contributed by atoms with Crippen molar-refractivity contribution in [3.63, 3.8) is 0 Å². The predicted octanol–water partition coefficient (Wildman–Crippen LogP) is 1.94. The summed E-state index contributed by atoms with van der Waals surface area (Å²) < 4.78 is 0. The molecule has 0 N–H and O–H groups in total. The molecule has 1 heterocycles. The van der Waals surface area contributed by atoms with Crippen LogP contribution in [0.25, 0.3) is 0 Å². The molecule has 1 aliphatic heterocycles. The van der Waals surface area contributed by atoms with Gasteiger partial charge in [-0.2, -0.15) is 0 Å². The first-order valence-electron chi connectivity index (χ1n) is 3.71. The van der Waals surface area contributed by atoms with Gasteiger partial charge in [0, 0.05) is 6.54 Å². The Labute approximate surface area is 69.5 Å². The van der Waals surface area contributed by atoms with Crippen LogP contribution < -0.4 is 0 Å². The van der Waals surface area contributed by atoms with Gasteiger partial charge < -0.3 is 4.90 Å². The highest BCUT2D eigenvalue weighted by atomic mass is 35.5. The molecule has 10 heavy (non-hydrogen) atoms. The second kappa shape index (κ2) is 4.75. The van der Waals surface area contributed by atoms with Gasteiger partial charge in [0.05, 0.1) is 0 Å². The van der Waals surface area contributed by atoms with E-state index in [0.29, 0.717) is 0 Å². The largest absolute Gasteiger partial charge is 0.303 e. The van der Waals surface area contributed by atoms with Gasteiger partial charge in [-0.15, -0.1) is 19.0 Å². The second-order valence-electron chi connectivity index (χ2n) is 2.68. The lowest BCUT2D eigenvalue weighted by molar-refractivity contribution is 0.351. The zero-order chi connectivity index (χ0) is 6.69. The minimum absolute atomic E-state index is 0. The van der Waals surface area contributed by atoms with E-state index in [9.17, 15) is 0 Å². The Bertz CT molecular complexity index is 103. The van der Waals surface area contributed by atoms with Gasteiger partial charge in [-0.3, -0.25) is 0 Å². The van der Waals surface area contributed by atoms with Crippen molar-refractivity contribution in [3.8, 4) is 0 Å². The Morgan fingerprint density at radius 3 is 2.70 bits per heavy atom. The molecule has 0 spiro atoms. The third-order valence-electron chi connectivity index (χ3n) is 2.09. The molecular formula is C8H16ClN. The molecule has 1 unspecified atom stereocenters. The predicted molar refractivity (Wildman–Crippen MR) is 47.7 cm³/mol. The monoisotopic (exact) mass is 161 g/mol. The lowest BCUT2D eigenvalue weighted by atomic mass is 10.1. The van der Waals surface area contributed by atoms with Crippen LogP contribution in [0.5, 0.6) is 0 Å². The van der Waals surface area contributed by atoms with Gasteiger partial charge in [0.1, 0.15) is 0 Å². The summed E-state index contributed by atoms with van der Waals surface area (Å²) in [5.41, 5.74) is 0. The van der Waals surface area contributed by atoms with E-state index < -0.39 is 0 Å². The van der Waals surface area contributed by atoms with Crippen LogP contribution in [0.1, 0.15) is 13.3 Å².